The summed E-state index contributed by atoms with van der Waals surface area (Å²) in [6.07, 6.45) is 0.0380. The van der Waals surface area contributed by atoms with Gasteiger partial charge in [-0.2, -0.15) is 0 Å². The molecule has 2 unspecified atom stereocenters. The van der Waals surface area contributed by atoms with E-state index in [1.54, 1.807) is 13.8 Å². The molecular formula is C12H25NO7. The van der Waals surface area contributed by atoms with E-state index in [1.165, 1.54) is 0 Å². The largest absolute Gasteiger partial charge is 0.480 e. The van der Waals surface area contributed by atoms with E-state index in [2.05, 4.69) is 0 Å². The zero-order valence-electron chi connectivity index (χ0n) is 11.8. The zero-order valence-corrected chi connectivity index (χ0v) is 11.8. The van der Waals surface area contributed by atoms with Gasteiger partial charge in [-0.25, -0.2) is 4.79 Å². The lowest BCUT2D eigenvalue weighted by molar-refractivity contribution is -0.147. The normalized spacial score (nSPS) is 13.9. The predicted octanol–water partition coefficient (Wildman–Crippen LogP) is -0.989. The van der Waals surface area contributed by atoms with Gasteiger partial charge in [0.05, 0.1) is 6.61 Å². The van der Waals surface area contributed by atoms with Crippen LogP contribution in [0.2, 0.25) is 0 Å². The Morgan fingerprint density at radius 2 is 1.60 bits per heavy atom. The maximum Gasteiger partial charge on any atom is 0.332 e. The molecule has 20 heavy (non-hydrogen) atoms. The van der Waals surface area contributed by atoms with Crippen molar-refractivity contribution in [1.82, 2.24) is 0 Å². The lowest BCUT2D eigenvalue weighted by atomic mass is 9.86. The third-order valence-electron chi connectivity index (χ3n) is 2.69. The van der Waals surface area contributed by atoms with Gasteiger partial charge >= 0.3 is 11.9 Å². The topological polar surface area (TPSA) is 161 Å². The number of carboxylic acid groups (broad SMARTS) is 2. The van der Waals surface area contributed by atoms with E-state index < -0.39 is 29.5 Å². The average Bonchev–Trinajstić information content (AvgIpc) is 2.38. The van der Waals surface area contributed by atoms with Crippen molar-refractivity contribution >= 4 is 11.9 Å². The number of unbranched alkanes of at least 4 members (excludes halogenated alkanes) is 1. The van der Waals surface area contributed by atoms with E-state index in [-0.39, 0.29) is 19.6 Å². The zero-order chi connectivity index (χ0) is 16.3. The second kappa shape index (κ2) is 10.6. The molecule has 7 N–H and O–H groups in total. The average molecular weight is 295 g/mol. The lowest BCUT2D eigenvalue weighted by Gasteiger charge is -2.25. The number of aliphatic hydroxyl groups is 3. The summed E-state index contributed by atoms with van der Waals surface area (Å²) < 4.78 is 0. The first-order valence-corrected chi connectivity index (χ1v) is 6.21. The van der Waals surface area contributed by atoms with E-state index in [0.717, 1.165) is 0 Å². The van der Waals surface area contributed by atoms with E-state index in [4.69, 9.17) is 31.3 Å². The van der Waals surface area contributed by atoms with Crippen LogP contribution in [0, 0.1) is 5.41 Å². The highest BCUT2D eigenvalue weighted by Crippen LogP contribution is 2.17. The van der Waals surface area contributed by atoms with E-state index in [0.29, 0.717) is 12.8 Å². The first-order chi connectivity index (χ1) is 9.10. The van der Waals surface area contributed by atoms with Gasteiger partial charge in [0.15, 0.2) is 6.10 Å². The Hall–Kier alpha value is -1.22. The van der Waals surface area contributed by atoms with Crippen molar-refractivity contribution in [2.24, 2.45) is 11.1 Å². The van der Waals surface area contributed by atoms with Gasteiger partial charge < -0.3 is 31.3 Å². The molecule has 0 heterocycles. The van der Waals surface area contributed by atoms with Gasteiger partial charge in [0.25, 0.3) is 0 Å². The summed E-state index contributed by atoms with van der Waals surface area (Å²) in [7, 11) is 0. The molecule has 0 spiro atoms. The number of rotatable bonds is 8. The van der Waals surface area contributed by atoms with E-state index >= 15 is 0 Å². The monoisotopic (exact) mass is 295 g/mol. The highest BCUT2D eigenvalue weighted by atomic mass is 16.4. The van der Waals surface area contributed by atoms with Gasteiger partial charge in [-0.15, -0.1) is 0 Å². The van der Waals surface area contributed by atoms with Gasteiger partial charge in [0, 0.05) is 12.0 Å². The van der Waals surface area contributed by atoms with Crippen molar-refractivity contribution in [3.05, 3.63) is 0 Å². The molecule has 0 aliphatic carbocycles. The van der Waals surface area contributed by atoms with Crippen molar-refractivity contribution < 1.29 is 35.1 Å². The molecule has 0 aliphatic rings. The molecule has 0 fully saturated rings. The number of aliphatic hydroxyl groups excluding tert-OH is 3. The number of hydrogen-bond acceptors (Lipinski definition) is 6. The standard InChI is InChI=1S/C6H13NO3.C6H12O4/c1-6(2,3-8)4(7)5(9)10;7-4-2-1-3-5(8)6(9)10/h4,8H,3,7H2,1-2H3,(H,9,10);5,7-8H,1-4H2,(H,9,10). The molecular weight excluding hydrogens is 270 g/mol. The molecule has 2 atom stereocenters. The maximum absolute atomic E-state index is 10.3. The van der Waals surface area contributed by atoms with Crippen LogP contribution in [-0.2, 0) is 9.59 Å². The number of nitrogens with two attached hydrogens (primary N) is 1. The minimum absolute atomic E-state index is 0.0480. The van der Waals surface area contributed by atoms with Crippen molar-refractivity contribution in [3.8, 4) is 0 Å². The van der Waals surface area contributed by atoms with Gasteiger partial charge in [-0.05, 0) is 19.3 Å². The summed E-state index contributed by atoms with van der Waals surface area (Å²) in [6.45, 7) is 3.03. The Morgan fingerprint density at radius 3 is 1.85 bits per heavy atom. The molecule has 0 aliphatic heterocycles. The molecule has 0 saturated heterocycles. The first-order valence-electron chi connectivity index (χ1n) is 6.21. The molecule has 8 nitrogen and oxygen atoms in total. The number of hydrogen-bond donors (Lipinski definition) is 6. The summed E-state index contributed by atoms with van der Waals surface area (Å²) in [4.78, 5) is 20.2. The van der Waals surface area contributed by atoms with Gasteiger partial charge in [0.2, 0.25) is 0 Å². The number of carboxylic acids is 2. The quantitative estimate of drug-likeness (QED) is 0.311. The van der Waals surface area contributed by atoms with Crippen molar-refractivity contribution in [2.45, 2.75) is 45.3 Å². The highest BCUT2D eigenvalue weighted by molar-refractivity contribution is 5.74. The summed E-state index contributed by atoms with van der Waals surface area (Å²) >= 11 is 0. The maximum atomic E-state index is 10.3. The van der Waals surface area contributed by atoms with Crippen molar-refractivity contribution in [3.63, 3.8) is 0 Å². The Kier molecular flexibility index (Phi) is 11.1. The molecule has 0 saturated carbocycles. The summed E-state index contributed by atoms with van der Waals surface area (Å²) in [5.41, 5.74) is 4.50. The predicted molar refractivity (Wildman–Crippen MR) is 71.1 cm³/mol. The van der Waals surface area contributed by atoms with Gasteiger partial charge in [-0.1, -0.05) is 13.8 Å². The van der Waals surface area contributed by atoms with Crippen LogP contribution >= 0.6 is 0 Å². The van der Waals surface area contributed by atoms with Crippen LogP contribution in [0.25, 0.3) is 0 Å². The smallest absolute Gasteiger partial charge is 0.332 e. The fourth-order valence-electron chi connectivity index (χ4n) is 1.01. The van der Waals surface area contributed by atoms with E-state index in [9.17, 15) is 9.59 Å². The third kappa shape index (κ3) is 9.68. The number of aliphatic carboxylic acids is 2. The summed E-state index contributed by atoms with van der Waals surface area (Å²) in [5, 5.41) is 42.2. The van der Waals surface area contributed by atoms with E-state index in [1.807, 2.05) is 0 Å². The minimum atomic E-state index is -1.27. The molecule has 0 aromatic rings. The van der Waals surface area contributed by atoms with Crippen LogP contribution in [-0.4, -0.2) is 62.8 Å². The molecule has 0 radical (unpaired) electrons. The first kappa shape index (κ1) is 21.1. The Bertz CT molecular complexity index is 294. The van der Waals surface area contributed by atoms with Gasteiger partial charge in [-0.3, -0.25) is 4.79 Å². The molecule has 0 amide bonds. The van der Waals surface area contributed by atoms with Crippen molar-refractivity contribution in [2.75, 3.05) is 13.2 Å². The molecule has 0 rings (SSSR count). The van der Waals surface area contributed by atoms with Crippen LogP contribution in [0.5, 0.6) is 0 Å². The molecule has 8 heteroatoms. The van der Waals surface area contributed by atoms with Gasteiger partial charge in [0.1, 0.15) is 6.04 Å². The van der Waals surface area contributed by atoms with Crippen LogP contribution in [0.1, 0.15) is 33.1 Å². The second-order valence-corrected chi connectivity index (χ2v) is 5.04. The Morgan fingerprint density at radius 1 is 1.10 bits per heavy atom. The molecule has 0 bridgehead atoms. The third-order valence-corrected chi connectivity index (χ3v) is 2.69. The summed E-state index contributed by atoms with van der Waals surface area (Å²) in [5.74, 6) is -2.28. The van der Waals surface area contributed by atoms with Crippen LogP contribution < -0.4 is 5.73 Å². The molecule has 0 aromatic heterocycles. The molecule has 120 valence electrons. The fourth-order valence-corrected chi connectivity index (χ4v) is 1.01. The lowest BCUT2D eigenvalue weighted by Crippen LogP contribution is -2.45. The minimum Gasteiger partial charge on any atom is -0.480 e. The van der Waals surface area contributed by atoms with Crippen LogP contribution in [0.3, 0.4) is 0 Å². The fraction of sp³-hybridized carbons (Fsp3) is 0.833. The highest BCUT2D eigenvalue weighted by Gasteiger charge is 2.30. The second-order valence-electron chi connectivity index (χ2n) is 5.04. The Labute approximate surface area is 117 Å². The SMILES string of the molecule is CC(C)(CO)C(N)C(=O)O.O=C(O)C(O)CCCCO. The Balaban J connectivity index is 0. The van der Waals surface area contributed by atoms with Crippen LogP contribution in [0.15, 0.2) is 0 Å². The summed E-state index contributed by atoms with van der Waals surface area (Å²) in [6, 6.07) is -1.00. The van der Waals surface area contributed by atoms with Crippen molar-refractivity contribution in [1.29, 1.82) is 0 Å². The van der Waals surface area contributed by atoms with Crippen LogP contribution in [0.4, 0.5) is 0 Å². The molecule has 0 aromatic carbocycles. The number of carbonyl (C=O) groups is 2.